The molecule has 0 saturated heterocycles. The fourth-order valence-corrected chi connectivity index (χ4v) is 4.23. The van der Waals surface area contributed by atoms with Crippen LogP contribution in [0.25, 0.3) is 5.69 Å². The van der Waals surface area contributed by atoms with Crippen molar-refractivity contribution in [2.45, 2.75) is 40.0 Å². The predicted octanol–water partition coefficient (Wildman–Crippen LogP) is 4.95. The third-order valence-electron chi connectivity index (χ3n) is 5.84. The number of nitrogens with zero attached hydrogens (tertiary/aromatic N) is 1. The van der Waals surface area contributed by atoms with Crippen LogP contribution in [0.3, 0.4) is 0 Å². The monoisotopic (exact) mass is 432 g/mol. The molecule has 1 aromatic heterocycles. The molecule has 0 unspecified atom stereocenters. The van der Waals surface area contributed by atoms with E-state index in [4.69, 9.17) is 0 Å². The normalized spacial score (nSPS) is 14.7. The summed E-state index contributed by atoms with van der Waals surface area (Å²) in [6.45, 7) is 5.92. The molecule has 3 aromatic rings. The number of hydrogen-bond acceptors (Lipinski definition) is 3. The zero-order valence-corrected chi connectivity index (χ0v) is 18.4. The highest BCUT2D eigenvalue weighted by atomic mass is 19.1. The summed E-state index contributed by atoms with van der Waals surface area (Å²) < 4.78 is 14.7. The maximum absolute atomic E-state index is 13.5. The SMILES string of the molecule is CCc1cccc(NC(=O)c2c3c(cn(-c4ccc(F)cc4)c2=O)C(=O)CC(C)(C)C3)c1. The third kappa shape index (κ3) is 4.13. The molecule has 1 amide bonds. The minimum atomic E-state index is -0.554. The molecule has 4 rings (SSSR count). The van der Waals surface area contributed by atoms with E-state index in [1.165, 1.54) is 35.0 Å². The maximum Gasteiger partial charge on any atom is 0.268 e. The van der Waals surface area contributed by atoms with Gasteiger partial charge in [0.25, 0.3) is 11.5 Å². The largest absolute Gasteiger partial charge is 0.322 e. The molecule has 0 saturated carbocycles. The lowest BCUT2D eigenvalue weighted by Gasteiger charge is -2.31. The summed E-state index contributed by atoms with van der Waals surface area (Å²) in [6.07, 6.45) is 3.05. The van der Waals surface area contributed by atoms with Gasteiger partial charge in [-0.15, -0.1) is 0 Å². The van der Waals surface area contributed by atoms with Gasteiger partial charge >= 0.3 is 0 Å². The zero-order valence-electron chi connectivity index (χ0n) is 18.4. The van der Waals surface area contributed by atoms with Crippen LogP contribution in [0.5, 0.6) is 0 Å². The minimum Gasteiger partial charge on any atom is -0.322 e. The van der Waals surface area contributed by atoms with Crippen molar-refractivity contribution in [1.82, 2.24) is 4.57 Å². The highest BCUT2D eigenvalue weighted by molar-refractivity contribution is 6.08. The van der Waals surface area contributed by atoms with E-state index in [1.807, 2.05) is 39.0 Å². The summed E-state index contributed by atoms with van der Waals surface area (Å²) in [5.41, 5.74) is 1.91. The molecule has 1 aliphatic rings. The smallest absolute Gasteiger partial charge is 0.268 e. The van der Waals surface area contributed by atoms with Crippen molar-refractivity contribution in [1.29, 1.82) is 0 Å². The molecular weight excluding hydrogens is 407 g/mol. The van der Waals surface area contributed by atoms with Crippen molar-refractivity contribution >= 4 is 17.4 Å². The van der Waals surface area contributed by atoms with Crippen molar-refractivity contribution in [2.75, 3.05) is 5.32 Å². The number of carbonyl (C=O) groups is 2. The molecule has 0 radical (unpaired) electrons. The number of amides is 1. The van der Waals surface area contributed by atoms with E-state index in [0.717, 1.165) is 12.0 Å². The number of hydrogen-bond donors (Lipinski definition) is 1. The van der Waals surface area contributed by atoms with Gasteiger partial charge in [-0.1, -0.05) is 32.9 Å². The van der Waals surface area contributed by atoms with E-state index in [2.05, 4.69) is 5.32 Å². The van der Waals surface area contributed by atoms with Gasteiger partial charge in [0.1, 0.15) is 11.4 Å². The number of nitrogens with one attached hydrogen (secondary N) is 1. The van der Waals surface area contributed by atoms with Crippen LogP contribution < -0.4 is 10.9 Å². The molecule has 2 aromatic carbocycles. The molecule has 1 heterocycles. The Balaban J connectivity index is 1.89. The van der Waals surface area contributed by atoms with Gasteiger partial charge in [0.15, 0.2) is 5.78 Å². The van der Waals surface area contributed by atoms with Crippen LogP contribution in [0.4, 0.5) is 10.1 Å². The maximum atomic E-state index is 13.5. The highest BCUT2D eigenvalue weighted by Gasteiger charge is 2.36. The van der Waals surface area contributed by atoms with Crippen LogP contribution >= 0.6 is 0 Å². The van der Waals surface area contributed by atoms with Crippen molar-refractivity contribution in [3.05, 3.63) is 93.2 Å². The summed E-state index contributed by atoms with van der Waals surface area (Å²) >= 11 is 0. The molecular formula is C26H25FN2O3. The molecule has 0 aliphatic heterocycles. The Labute approximate surface area is 185 Å². The number of halogens is 1. The van der Waals surface area contributed by atoms with Crippen LogP contribution in [0, 0.1) is 11.2 Å². The lowest BCUT2D eigenvalue weighted by molar-refractivity contribution is 0.0910. The Bertz CT molecular complexity index is 1270. The van der Waals surface area contributed by atoms with Gasteiger partial charge < -0.3 is 5.32 Å². The number of aryl methyl sites for hydroxylation is 1. The molecule has 6 heteroatoms. The van der Waals surface area contributed by atoms with Crippen molar-refractivity contribution in [2.24, 2.45) is 5.41 Å². The van der Waals surface area contributed by atoms with Crippen LogP contribution in [0.2, 0.25) is 0 Å². The average molecular weight is 432 g/mol. The molecule has 32 heavy (non-hydrogen) atoms. The van der Waals surface area contributed by atoms with E-state index < -0.39 is 17.3 Å². The van der Waals surface area contributed by atoms with Gasteiger partial charge in [-0.05, 0) is 65.8 Å². The molecule has 0 fully saturated rings. The minimum absolute atomic E-state index is 0.0464. The van der Waals surface area contributed by atoms with Crippen molar-refractivity contribution in [3.8, 4) is 5.69 Å². The highest BCUT2D eigenvalue weighted by Crippen LogP contribution is 2.36. The standard InChI is InChI=1S/C26H25FN2O3/c1-4-16-6-5-7-18(12-16)28-24(31)23-20-13-26(2,3)14-22(30)21(20)15-29(25(23)32)19-10-8-17(27)9-11-19/h5-12,15H,4,13-14H2,1-3H3,(H,28,31). The van der Waals surface area contributed by atoms with Gasteiger partial charge in [0, 0.05) is 29.6 Å². The first kappa shape index (κ1) is 21.7. The molecule has 0 bridgehead atoms. The summed E-state index contributed by atoms with van der Waals surface area (Å²) in [5.74, 6) is -1.11. The third-order valence-corrected chi connectivity index (χ3v) is 5.84. The number of anilines is 1. The average Bonchev–Trinajstić information content (AvgIpc) is 2.73. The van der Waals surface area contributed by atoms with E-state index >= 15 is 0 Å². The van der Waals surface area contributed by atoms with Gasteiger partial charge in [-0.3, -0.25) is 19.0 Å². The second kappa shape index (κ2) is 8.19. The van der Waals surface area contributed by atoms with Crippen LogP contribution in [-0.4, -0.2) is 16.3 Å². The van der Waals surface area contributed by atoms with E-state index in [-0.39, 0.29) is 16.8 Å². The fourth-order valence-electron chi connectivity index (χ4n) is 4.23. The number of fused-ring (bicyclic) bond motifs is 1. The lowest BCUT2D eigenvalue weighted by atomic mass is 9.73. The van der Waals surface area contributed by atoms with Crippen LogP contribution in [0.15, 0.2) is 59.5 Å². The van der Waals surface area contributed by atoms with Gasteiger partial charge in [-0.25, -0.2) is 4.39 Å². The number of carbonyl (C=O) groups excluding carboxylic acids is 2. The molecule has 5 nitrogen and oxygen atoms in total. The fraction of sp³-hybridized carbons (Fsp3) is 0.269. The van der Waals surface area contributed by atoms with Crippen LogP contribution in [0.1, 0.15) is 59.0 Å². The topological polar surface area (TPSA) is 68.2 Å². The summed E-state index contributed by atoms with van der Waals surface area (Å²) in [6, 6.07) is 12.8. The Morgan fingerprint density at radius 3 is 2.50 bits per heavy atom. The number of ketones is 1. The first-order valence-electron chi connectivity index (χ1n) is 10.7. The summed E-state index contributed by atoms with van der Waals surface area (Å²) in [5, 5.41) is 2.83. The van der Waals surface area contributed by atoms with Gasteiger partial charge in [0.2, 0.25) is 0 Å². The Morgan fingerprint density at radius 1 is 1.09 bits per heavy atom. The second-order valence-corrected chi connectivity index (χ2v) is 9.00. The van der Waals surface area contributed by atoms with Gasteiger partial charge in [0.05, 0.1) is 0 Å². The first-order chi connectivity index (χ1) is 15.2. The Morgan fingerprint density at radius 2 is 1.81 bits per heavy atom. The zero-order chi connectivity index (χ0) is 23.0. The van der Waals surface area contributed by atoms with E-state index in [1.54, 1.807) is 6.07 Å². The lowest BCUT2D eigenvalue weighted by Crippen LogP contribution is -2.37. The summed E-state index contributed by atoms with van der Waals surface area (Å²) in [4.78, 5) is 39.8. The number of rotatable bonds is 4. The molecule has 0 spiro atoms. The number of pyridine rings is 1. The van der Waals surface area contributed by atoms with E-state index in [0.29, 0.717) is 35.3 Å². The predicted molar refractivity (Wildman–Crippen MR) is 122 cm³/mol. The molecule has 1 aliphatic carbocycles. The molecule has 0 atom stereocenters. The second-order valence-electron chi connectivity index (χ2n) is 9.00. The van der Waals surface area contributed by atoms with Crippen molar-refractivity contribution < 1.29 is 14.0 Å². The van der Waals surface area contributed by atoms with Crippen molar-refractivity contribution in [3.63, 3.8) is 0 Å². The number of Topliss-reactive ketones (excluding diaryl/α,β-unsaturated/α-hetero) is 1. The van der Waals surface area contributed by atoms with E-state index in [9.17, 15) is 18.8 Å². The number of benzene rings is 2. The summed E-state index contributed by atoms with van der Waals surface area (Å²) in [7, 11) is 0. The molecule has 164 valence electrons. The van der Waals surface area contributed by atoms with Gasteiger partial charge in [-0.2, -0.15) is 0 Å². The first-order valence-corrected chi connectivity index (χ1v) is 10.7. The molecule has 1 N–H and O–H groups in total. The quantitative estimate of drug-likeness (QED) is 0.635. The van der Waals surface area contributed by atoms with Crippen LogP contribution in [-0.2, 0) is 12.8 Å². The Kier molecular flexibility index (Phi) is 5.55. The number of aromatic nitrogens is 1. The Hall–Kier alpha value is -3.54.